The van der Waals surface area contributed by atoms with Crippen LogP contribution in [0.15, 0.2) is 24.3 Å². The molecule has 5 nitrogen and oxygen atoms in total. The van der Waals surface area contributed by atoms with E-state index in [1.54, 1.807) is 6.07 Å². The maximum absolute atomic E-state index is 11.4. The molecule has 2 aromatic rings. The molecule has 1 heterocycles. The van der Waals surface area contributed by atoms with Crippen LogP contribution in [0, 0.1) is 25.2 Å². The molecular formula is C14H14N4O. The van der Waals surface area contributed by atoms with Crippen molar-refractivity contribution in [3.63, 3.8) is 0 Å². The predicted octanol–water partition coefficient (Wildman–Crippen LogP) is 2.55. The van der Waals surface area contributed by atoms with Crippen LogP contribution in [0.25, 0.3) is 11.4 Å². The first-order valence-electron chi connectivity index (χ1n) is 5.90. The Bertz CT molecular complexity index is 632. The zero-order valence-corrected chi connectivity index (χ0v) is 10.8. The smallest absolute Gasteiger partial charge is 0.238 e. The summed E-state index contributed by atoms with van der Waals surface area (Å²) in [7, 11) is 0. The van der Waals surface area contributed by atoms with Gasteiger partial charge in [0.2, 0.25) is 5.91 Å². The first-order valence-corrected chi connectivity index (χ1v) is 5.90. The molecule has 1 aromatic carbocycles. The number of aromatic amines is 1. The van der Waals surface area contributed by atoms with Gasteiger partial charge >= 0.3 is 0 Å². The van der Waals surface area contributed by atoms with Gasteiger partial charge in [0.25, 0.3) is 0 Å². The second-order valence-electron chi connectivity index (χ2n) is 4.26. The molecule has 19 heavy (non-hydrogen) atoms. The van der Waals surface area contributed by atoms with Crippen molar-refractivity contribution in [1.29, 1.82) is 5.26 Å². The molecule has 0 aliphatic rings. The minimum atomic E-state index is -0.313. The van der Waals surface area contributed by atoms with Crippen LogP contribution >= 0.6 is 0 Å². The van der Waals surface area contributed by atoms with Crippen LogP contribution in [0.1, 0.15) is 17.8 Å². The van der Waals surface area contributed by atoms with Crippen LogP contribution in [-0.2, 0) is 4.79 Å². The van der Waals surface area contributed by atoms with Crippen molar-refractivity contribution in [2.45, 2.75) is 20.3 Å². The van der Waals surface area contributed by atoms with E-state index in [-0.39, 0.29) is 12.3 Å². The predicted molar refractivity (Wildman–Crippen MR) is 72.4 cm³/mol. The van der Waals surface area contributed by atoms with E-state index in [1.807, 2.05) is 38.1 Å². The number of anilines is 1. The van der Waals surface area contributed by atoms with E-state index in [2.05, 4.69) is 15.3 Å². The third kappa shape index (κ3) is 2.99. The van der Waals surface area contributed by atoms with Gasteiger partial charge in [-0.1, -0.05) is 12.1 Å². The average molecular weight is 254 g/mol. The van der Waals surface area contributed by atoms with Crippen molar-refractivity contribution in [3.8, 4) is 17.5 Å². The summed E-state index contributed by atoms with van der Waals surface area (Å²) in [5.41, 5.74) is 3.53. The number of rotatable bonds is 3. The molecular weight excluding hydrogens is 240 g/mol. The number of nitrogens with one attached hydrogen (secondary N) is 2. The molecule has 96 valence electrons. The number of amides is 1. The van der Waals surface area contributed by atoms with Crippen molar-refractivity contribution < 1.29 is 4.79 Å². The SMILES string of the molecule is Cc1nc(-c2cccc(NC(=O)CC#N)c2)[nH]c1C. The monoisotopic (exact) mass is 254 g/mol. The lowest BCUT2D eigenvalue weighted by Gasteiger charge is -2.04. The van der Waals surface area contributed by atoms with Crippen molar-refractivity contribution in [2.75, 3.05) is 5.32 Å². The molecule has 0 aliphatic heterocycles. The van der Waals surface area contributed by atoms with Crippen LogP contribution in [0.2, 0.25) is 0 Å². The Morgan fingerprint density at radius 2 is 2.26 bits per heavy atom. The molecule has 0 bridgehead atoms. The maximum atomic E-state index is 11.4. The summed E-state index contributed by atoms with van der Waals surface area (Å²) >= 11 is 0. The summed E-state index contributed by atoms with van der Waals surface area (Å²) in [6.07, 6.45) is -0.150. The third-order valence-electron chi connectivity index (χ3n) is 2.79. The largest absolute Gasteiger partial charge is 0.342 e. The van der Waals surface area contributed by atoms with Gasteiger partial charge in [0.1, 0.15) is 12.2 Å². The number of carbonyl (C=O) groups is 1. The van der Waals surface area contributed by atoms with Gasteiger partial charge in [-0.05, 0) is 26.0 Å². The van der Waals surface area contributed by atoms with Crippen molar-refractivity contribution in [1.82, 2.24) is 9.97 Å². The highest BCUT2D eigenvalue weighted by molar-refractivity contribution is 5.92. The van der Waals surface area contributed by atoms with Gasteiger partial charge in [-0.3, -0.25) is 4.79 Å². The number of carbonyl (C=O) groups excluding carboxylic acids is 1. The second kappa shape index (κ2) is 5.36. The number of hydrogen-bond acceptors (Lipinski definition) is 3. The molecule has 2 N–H and O–H groups in total. The van der Waals surface area contributed by atoms with E-state index in [0.717, 1.165) is 22.8 Å². The standard InChI is InChI=1S/C14H14N4O/c1-9-10(2)17-14(16-9)11-4-3-5-12(8-11)18-13(19)6-7-15/h3-5,8H,6H2,1-2H3,(H,16,17)(H,18,19). The molecule has 0 aliphatic carbocycles. The van der Waals surface area contributed by atoms with Crippen molar-refractivity contribution in [2.24, 2.45) is 0 Å². The molecule has 1 aromatic heterocycles. The Morgan fingerprint density at radius 3 is 2.89 bits per heavy atom. The molecule has 2 rings (SSSR count). The summed E-state index contributed by atoms with van der Waals surface area (Å²) in [5.74, 6) is 0.456. The lowest BCUT2D eigenvalue weighted by atomic mass is 10.2. The Hall–Kier alpha value is -2.61. The normalized spacial score (nSPS) is 9.95. The fraction of sp³-hybridized carbons (Fsp3) is 0.214. The molecule has 0 unspecified atom stereocenters. The summed E-state index contributed by atoms with van der Waals surface area (Å²) in [4.78, 5) is 19.0. The van der Waals surface area contributed by atoms with Gasteiger partial charge in [-0.25, -0.2) is 4.98 Å². The highest BCUT2D eigenvalue weighted by Crippen LogP contribution is 2.21. The van der Waals surface area contributed by atoms with Gasteiger partial charge in [0, 0.05) is 16.9 Å². The summed E-state index contributed by atoms with van der Waals surface area (Å²) in [6, 6.07) is 9.17. The van der Waals surface area contributed by atoms with Gasteiger partial charge in [0.05, 0.1) is 11.8 Å². The number of aromatic nitrogens is 2. The van der Waals surface area contributed by atoms with Crippen LogP contribution in [0.3, 0.4) is 0 Å². The topological polar surface area (TPSA) is 81.6 Å². The first kappa shape index (κ1) is 12.8. The first-order chi connectivity index (χ1) is 9.10. The molecule has 0 spiro atoms. The molecule has 0 fully saturated rings. The average Bonchev–Trinajstić information content (AvgIpc) is 2.70. The van der Waals surface area contributed by atoms with E-state index in [0.29, 0.717) is 5.69 Å². The Labute approximate surface area is 111 Å². The highest BCUT2D eigenvalue weighted by Gasteiger charge is 2.07. The van der Waals surface area contributed by atoms with Gasteiger partial charge in [-0.15, -0.1) is 0 Å². The zero-order valence-electron chi connectivity index (χ0n) is 10.8. The van der Waals surface area contributed by atoms with Crippen LogP contribution in [-0.4, -0.2) is 15.9 Å². The molecule has 5 heteroatoms. The quantitative estimate of drug-likeness (QED) is 0.883. The van der Waals surface area contributed by atoms with E-state index in [1.165, 1.54) is 0 Å². The molecule has 0 atom stereocenters. The minimum absolute atomic E-state index is 0.150. The maximum Gasteiger partial charge on any atom is 0.238 e. The van der Waals surface area contributed by atoms with E-state index in [9.17, 15) is 4.79 Å². The van der Waals surface area contributed by atoms with Gasteiger partial charge in [-0.2, -0.15) is 5.26 Å². The lowest BCUT2D eigenvalue weighted by Crippen LogP contribution is -2.09. The van der Waals surface area contributed by atoms with E-state index in [4.69, 9.17) is 5.26 Å². The minimum Gasteiger partial charge on any atom is -0.342 e. The van der Waals surface area contributed by atoms with Crippen LogP contribution in [0.5, 0.6) is 0 Å². The number of hydrogen-bond donors (Lipinski definition) is 2. The lowest BCUT2D eigenvalue weighted by molar-refractivity contribution is -0.115. The Morgan fingerprint density at radius 1 is 1.47 bits per heavy atom. The molecule has 0 saturated heterocycles. The Kier molecular flexibility index (Phi) is 3.62. The van der Waals surface area contributed by atoms with E-state index >= 15 is 0 Å². The second-order valence-corrected chi connectivity index (χ2v) is 4.26. The number of nitriles is 1. The van der Waals surface area contributed by atoms with Gasteiger partial charge < -0.3 is 10.3 Å². The number of H-pyrrole nitrogens is 1. The number of nitrogens with zero attached hydrogens (tertiary/aromatic N) is 2. The number of imidazole rings is 1. The number of benzene rings is 1. The van der Waals surface area contributed by atoms with Crippen molar-refractivity contribution >= 4 is 11.6 Å². The third-order valence-corrected chi connectivity index (χ3v) is 2.79. The molecule has 0 radical (unpaired) electrons. The number of aryl methyl sites for hydroxylation is 2. The fourth-order valence-corrected chi connectivity index (χ4v) is 1.71. The van der Waals surface area contributed by atoms with E-state index < -0.39 is 0 Å². The summed E-state index contributed by atoms with van der Waals surface area (Å²) in [6.45, 7) is 3.90. The molecule has 0 saturated carbocycles. The zero-order chi connectivity index (χ0) is 13.8. The summed E-state index contributed by atoms with van der Waals surface area (Å²) < 4.78 is 0. The highest BCUT2D eigenvalue weighted by atomic mass is 16.1. The fourth-order valence-electron chi connectivity index (χ4n) is 1.71. The van der Waals surface area contributed by atoms with Crippen LogP contribution < -0.4 is 5.32 Å². The van der Waals surface area contributed by atoms with Gasteiger partial charge in [0.15, 0.2) is 0 Å². The van der Waals surface area contributed by atoms with Crippen molar-refractivity contribution in [3.05, 3.63) is 35.7 Å². The van der Waals surface area contributed by atoms with Crippen LogP contribution in [0.4, 0.5) is 5.69 Å². The summed E-state index contributed by atoms with van der Waals surface area (Å²) in [5, 5.41) is 11.1. The Balaban J connectivity index is 2.24. The molecule has 1 amide bonds.